The first-order valence-corrected chi connectivity index (χ1v) is 5.32. The Morgan fingerprint density at radius 3 is 2.62 bits per heavy atom. The fourth-order valence-corrected chi connectivity index (χ4v) is 2.10. The maximum absolute atomic E-state index is 11.3. The molecule has 0 amide bonds. The molecule has 0 aromatic heterocycles. The average Bonchev–Trinajstić information content (AvgIpc) is 2.09. The topological polar surface area (TPSA) is 72.2 Å². The first-order chi connectivity index (χ1) is 5.99. The molecule has 0 spiro atoms. The van der Waals surface area contributed by atoms with Gasteiger partial charge in [0.2, 0.25) is 0 Å². The van der Waals surface area contributed by atoms with E-state index in [1.807, 2.05) is 0 Å². The van der Waals surface area contributed by atoms with Gasteiger partial charge in [-0.15, -0.1) is 0 Å². The van der Waals surface area contributed by atoms with Crippen molar-refractivity contribution in [3.63, 3.8) is 0 Å². The zero-order valence-corrected chi connectivity index (χ0v) is 8.48. The van der Waals surface area contributed by atoms with Gasteiger partial charge in [0, 0.05) is 0 Å². The van der Waals surface area contributed by atoms with Crippen molar-refractivity contribution in [2.75, 3.05) is 0 Å². The van der Waals surface area contributed by atoms with Gasteiger partial charge < -0.3 is 0 Å². The van der Waals surface area contributed by atoms with Gasteiger partial charge in [-0.05, 0) is 18.6 Å². The van der Waals surface area contributed by atoms with Gasteiger partial charge in [0.1, 0.15) is 4.90 Å². The summed E-state index contributed by atoms with van der Waals surface area (Å²) in [6, 6.07) is 4.72. The molecule has 3 N–H and O–H groups in total. The molecule has 0 radical (unpaired) electrons. The number of sulfonamides is 1. The highest BCUT2D eigenvalue weighted by Gasteiger charge is 2.16. The molecule has 0 atom stereocenters. The van der Waals surface area contributed by atoms with Gasteiger partial charge in [-0.2, -0.15) is 4.83 Å². The van der Waals surface area contributed by atoms with Gasteiger partial charge in [0.05, 0.1) is 5.02 Å². The minimum absolute atomic E-state index is 0.00309. The summed E-state index contributed by atoms with van der Waals surface area (Å²) in [6.45, 7) is 1.72. The van der Waals surface area contributed by atoms with E-state index < -0.39 is 10.0 Å². The Labute approximate surface area is 81.7 Å². The zero-order chi connectivity index (χ0) is 10.1. The largest absolute Gasteiger partial charge is 0.257 e. The number of nitrogens with one attached hydrogen (secondary N) is 1. The van der Waals surface area contributed by atoms with Crippen molar-refractivity contribution in [3.05, 3.63) is 28.8 Å². The normalized spacial score (nSPS) is 11.6. The summed E-state index contributed by atoms with van der Waals surface area (Å²) >= 11 is 5.78. The maximum atomic E-state index is 11.3. The Hall–Kier alpha value is -0.620. The van der Waals surface area contributed by atoms with Crippen LogP contribution in [0.4, 0.5) is 0 Å². The molecule has 0 heterocycles. The number of nitrogens with two attached hydrogens (primary N) is 1. The molecule has 0 aliphatic carbocycles. The number of rotatable bonds is 2. The van der Waals surface area contributed by atoms with Crippen LogP contribution in [0.5, 0.6) is 0 Å². The summed E-state index contributed by atoms with van der Waals surface area (Å²) < 4.78 is 22.5. The maximum Gasteiger partial charge on any atom is 0.254 e. The van der Waals surface area contributed by atoms with E-state index in [-0.39, 0.29) is 9.92 Å². The molecule has 1 rings (SSSR count). The van der Waals surface area contributed by atoms with Crippen molar-refractivity contribution in [1.82, 2.24) is 4.83 Å². The minimum Gasteiger partial charge on any atom is -0.257 e. The molecular formula is C7H9ClN2O2S. The third-order valence-corrected chi connectivity index (χ3v) is 3.44. The predicted molar refractivity (Wildman–Crippen MR) is 50.7 cm³/mol. The highest BCUT2D eigenvalue weighted by molar-refractivity contribution is 7.89. The van der Waals surface area contributed by atoms with Crippen LogP contribution in [-0.4, -0.2) is 8.42 Å². The van der Waals surface area contributed by atoms with Gasteiger partial charge in [-0.25, -0.2) is 8.42 Å². The second kappa shape index (κ2) is 3.63. The van der Waals surface area contributed by atoms with Crippen molar-refractivity contribution < 1.29 is 8.42 Å². The predicted octanol–water partition coefficient (Wildman–Crippen LogP) is 0.800. The Bertz CT molecular complexity index is 417. The lowest BCUT2D eigenvalue weighted by molar-refractivity contribution is 0.584. The number of halogens is 1. The quantitative estimate of drug-likeness (QED) is 0.572. The number of hydrazine groups is 1. The molecule has 0 aliphatic rings. The Kier molecular flexibility index (Phi) is 2.92. The lowest BCUT2D eigenvalue weighted by Gasteiger charge is -2.05. The minimum atomic E-state index is -3.66. The van der Waals surface area contributed by atoms with E-state index >= 15 is 0 Å². The van der Waals surface area contributed by atoms with E-state index in [0.717, 1.165) is 0 Å². The summed E-state index contributed by atoms with van der Waals surface area (Å²) in [6.07, 6.45) is 0. The standard InChI is InChI=1S/C7H9ClN2O2S/c1-5-3-2-4-6(7(5)8)13(11,12)10-9/h2-4,10H,9H2,1H3. The van der Waals surface area contributed by atoms with Crippen LogP contribution in [0.25, 0.3) is 0 Å². The van der Waals surface area contributed by atoms with Gasteiger partial charge in [-0.3, -0.25) is 5.84 Å². The molecule has 1 aromatic rings. The summed E-state index contributed by atoms with van der Waals surface area (Å²) in [5.74, 6) is 4.86. The smallest absolute Gasteiger partial charge is 0.254 e. The lowest BCUT2D eigenvalue weighted by atomic mass is 10.2. The molecule has 0 bridgehead atoms. The molecule has 0 saturated carbocycles. The zero-order valence-electron chi connectivity index (χ0n) is 6.91. The molecule has 4 nitrogen and oxygen atoms in total. The monoisotopic (exact) mass is 220 g/mol. The molecular weight excluding hydrogens is 212 g/mol. The number of hydrogen-bond donors (Lipinski definition) is 2. The molecule has 0 aliphatic heterocycles. The van der Waals surface area contributed by atoms with Crippen molar-refractivity contribution in [2.45, 2.75) is 11.8 Å². The fraction of sp³-hybridized carbons (Fsp3) is 0.143. The highest BCUT2D eigenvalue weighted by Crippen LogP contribution is 2.23. The second-order valence-corrected chi connectivity index (χ2v) is 4.57. The first kappa shape index (κ1) is 10.5. The van der Waals surface area contributed by atoms with Crippen molar-refractivity contribution in [3.8, 4) is 0 Å². The van der Waals surface area contributed by atoms with E-state index in [1.54, 1.807) is 23.9 Å². The Morgan fingerprint density at radius 1 is 1.46 bits per heavy atom. The van der Waals surface area contributed by atoms with Crippen LogP contribution >= 0.6 is 11.6 Å². The van der Waals surface area contributed by atoms with Crippen LogP contribution in [-0.2, 0) is 10.0 Å². The van der Waals surface area contributed by atoms with Crippen LogP contribution in [0.3, 0.4) is 0 Å². The first-order valence-electron chi connectivity index (χ1n) is 3.46. The Balaban J connectivity index is 3.40. The summed E-state index contributed by atoms with van der Waals surface area (Å²) in [7, 11) is -3.66. The molecule has 0 unspecified atom stereocenters. The summed E-state index contributed by atoms with van der Waals surface area (Å²) in [5.41, 5.74) is 0.693. The van der Waals surface area contributed by atoms with Crippen LogP contribution in [0, 0.1) is 6.92 Å². The van der Waals surface area contributed by atoms with Crippen molar-refractivity contribution in [2.24, 2.45) is 5.84 Å². The van der Waals surface area contributed by atoms with E-state index in [1.165, 1.54) is 6.07 Å². The number of aryl methyl sites for hydroxylation is 1. The fourth-order valence-electron chi connectivity index (χ4n) is 0.892. The van der Waals surface area contributed by atoms with E-state index in [4.69, 9.17) is 17.4 Å². The molecule has 13 heavy (non-hydrogen) atoms. The van der Waals surface area contributed by atoms with E-state index in [0.29, 0.717) is 5.56 Å². The lowest BCUT2D eigenvalue weighted by Crippen LogP contribution is -2.30. The van der Waals surface area contributed by atoms with Crippen LogP contribution in [0.1, 0.15) is 5.56 Å². The van der Waals surface area contributed by atoms with Gasteiger partial charge >= 0.3 is 0 Å². The third kappa shape index (κ3) is 2.00. The van der Waals surface area contributed by atoms with Crippen LogP contribution in [0.15, 0.2) is 23.1 Å². The molecule has 6 heteroatoms. The average molecular weight is 221 g/mol. The third-order valence-electron chi connectivity index (χ3n) is 1.60. The highest BCUT2D eigenvalue weighted by atomic mass is 35.5. The molecule has 0 fully saturated rings. The Morgan fingerprint density at radius 2 is 2.08 bits per heavy atom. The van der Waals surface area contributed by atoms with Crippen LogP contribution < -0.4 is 10.7 Å². The molecule has 72 valence electrons. The molecule has 0 saturated heterocycles. The number of benzene rings is 1. The number of hydrogen-bond acceptors (Lipinski definition) is 3. The summed E-state index contributed by atoms with van der Waals surface area (Å²) in [5, 5.41) is 0.195. The van der Waals surface area contributed by atoms with Crippen molar-refractivity contribution in [1.29, 1.82) is 0 Å². The van der Waals surface area contributed by atoms with Crippen LogP contribution in [0.2, 0.25) is 5.02 Å². The van der Waals surface area contributed by atoms with E-state index in [9.17, 15) is 8.42 Å². The second-order valence-electron chi connectivity index (χ2n) is 2.51. The van der Waals surface area contributed by atoms with Gasteiger partial charge in [0.25, 0.3) is 10.0 Å². The van der Waals surface area contributed by atoms with Gasteiger partial charge in [0.15, 0.2) is 0 Å². The van der Waals surface area contributed by atoms with Crippen molar-refractivity contribution >= 4 is 21.6 Å². The summed E-state index contributed by atoms with van der Waals surface area (Å²) in [4.78, 5) is 1.71. The molecule has 1 aromatic carbocycles. The van der Waals surface area contributed by atoms with Gasteiger partial charge in [-0.1, -0.05) is 23.7 Å². The SMILES string of the molecule is Cc1cccc(S(=O)(=O)NN)c1Cl. The van der Waals surface area contributed by atoms with E-state index in [2.05, 4.69) is 0 Å².